The van der Waals surface area contributed by atoms with Gasteiger partial charge in [0, 0.05) is 18.6 Å². The lowest BCUT2D eigenvalue weighted by molar-refractivity contribution is -0.124. The second-order valence-electron chi connectivity index (χ2n) is 4.91. The molecule has 1 aliphatic carbocycles. The molecule has 0 aliphatic heterocycles. The number of hydrogen-bond acceptors (Lipinski definition) is 3. The van der Waals surface area contributed by atoms with Gasteiger partial charge >= 0.3 is 0 Å². The summed E-state index contributed by atoms with van der Waals surface area (Å²) in [7, 11) is 0. The summed E-state index contributed by atoms with van der Waals surface area (Å²) in [6, 6.07) is 3.74. The number of ether oxygens (including phenoxy) is 1. The van der Waals surface area contributed by atoms with Crippen LogP contribution >= 0.6 is 11.6 Å². The first kappa shape index (κ1) is 15.1. The maximum Gasteiger partial charge on any atom is 0.258 e. The van der Waals surface area contributed by atoms with Crippen LogP contribution in [0.4, 0.5) is 4.39 Å². The Labute approximate surface area is 121 Å². The van der Waals surface area contributed by atoms with Crippen molar-refractivity contribution in [3.8, 4) is 5.75 Å². The van der Waals surface area contributed by atoms with Crippen molar-refractivity contribution in [1.29, 1.82) is 0 Å². The highest BCUT2D eigenvalue weighted by molar-refractivity contribution is 6.32. The average Bonchev–Trinajstić information content (AvgIpc) is 2.85. The molecule has 1 amide bonds. The van der Waals surface area contributed by atoms with E-state index in [-0.39, 0.29) is 41.9 Å². The van der Waals surface area contributed by atoms with Crippen LogP contribution in [-0.2, 0) is 4.79 Å². The van der Waals surface area contributed by atoms with E-state index in [0.717, 1.165) is 25.3 Å². The van der Waals surface area contributed by atoms with Gasteiger partial charge in [0.15, 0.2) is 6.61 Å². The molecule has 4 nitrogen and oxygen atoms in total. The van der Waals surface area contributed by atoms with Crippen LogP contribution in [0.2, 0.25) is 5.02 Å². The molecule has 0 saturated heterocycles. The van der Waals surface area contributed by atoms with Crippen LogP contribution in [0.3, 0.4) is 0 Å². The average molecular weight is 302 g/mol. The molecule has 1 aromatic rings. The Bertz CT molecular complexity index is 483. The number of rotatable bonds is 5. The van der Waals surface area contributed by atoms with Gasteiger partial charge in [0.05, 0.1) is 5.02 Å². The van der Waals surface area contributed by atoms with E-state index in [2.05, 4.69) is 5.32 Å². The zero-order valence-electron chi connectivity index (χ0n) is 10.9. The summed E-state index contributed by atoms with van der Waals surface area (Å²) < 4.78 is 18.1. The third-order valence-electron chi connectivity index (χ3n) is 3.49. The zero-order chi connectivity index (χ0) is 14.5. The third-order valence-corrected chi connectivity index (χ3v) is 3.79. The molecule has 1 fully saturated rings. The lowest BCUT2D eigenvalue weighted by atomic mass is 10.1. The van der Waals surface area contributed by atoms with Crippen molar-refractivity contribution >= 4 is 17.5 Å². The number of halogens is 2. The Morgan fingerprint density at radius 2 is 2.30 bits per heavy atom. The van der Waals surface area contributed by atoms with Gasteiger partial charge in [-0.3, -0.25) is 4.79 Å². The molecule has 0 aromatic heterocycles. The van der Waals surface area contributed by atoms with E-state index < -0.39 is 5.82 Å². The quantitative estimate of drug-likeness (QED) is 0.876. The van der Waals surface area contributed by atoms with Gasteiger partial charge in [0.25, 0.3) is 5.91 Å². The summed E-state index contributed by atoms with van der Waals surface area (Å²) in [5.74, 6) is -0.332. The van der Waals surface area contributed by atoms with Gasteiger partial charge in [-0.1, -0.05) is 18.0 Å². The molecule has 2 N–H and O–H groups in total. The minimum atomic E-state index is -0.455. The Kier molecular flexibility index (Phi) is 5.20. The third kappa shape index (κ3) is 3.84. The van der Waals surface area contributed by atoms with E-state index in [0.29, 0.717) is 0 Å². The fraction of sp³-hybridized carbons (Fsp3) is 0.500. The van der Waals surface area contributed by atoms with E-state index in [4.69, 9.17) is 16.3 Å². The summed E-state index contributed by atoms with van der Waals surface area (Å²) in [4.78, 5) is 11.8. The fourth-order valence-electron chi connectivity index (χ4n) is 2.43. The molecular weight excluding hydrogens is 285 g/mol. The fourth-order valence-corrected chi connectivity index (χ4v) is 2.65. The molecule has 2 unspecified atom stereocenters. The van der Waals surface area contributed by atoms with Gasteiger partial charge in [0.1, 0.15) is 11.6 Å². The first-order valence-corrected chi connectivity index (χ1v) is 6.96. The first-order valence-electron chi connectivity index (χ1n) is 6.58. The van der Waals surface area contributed by atoms with Crippen molar-refractivity contribution < 1.29 is 19.0 Å². The Balaban J connectivity index is 1.83. The smallest absolute Gasteiger partial charge is 0.258 e. The van der Waals surface area contributed by atoms with E-state index in [1.165, 1.54) is 12.1 Å². The Hall–Kier alpha value is -1.33. The summed E-state index contributed by atoms with van der Waals surface area (Å²) in [6.45, 7) is -0.102. The highest BCUT2D eigenvalue weighted by Gasteiger charge is 2.27. The number of benzene rings is 1. The van der Waals surface area contributed by atoms with E-state index in [9.17, 15) is 14.3 Å². The molecule has 0 bridgehead atoms. The van der Waals surface area contributed by atoms with Crippen LogP contribution in [-0.4, -0.2) is 30.3 Å². The summed E-state index contributed by atoms with van der Waals surface area (Å²) >= 11 is 5.80. The monoisotopic (exact) mass is 301 g/mol. The van der Waals surface area contributed by atoms with Crippen molar-refractivity contribution in [3.05, 3.63) is 29.0 Å². The summed E-state index contributed by atoms with van der Waals surface area (Å²) in [6.07, 6.45) is 2.79. The summed E-state index contributed by atoms with van der Waals surface area (Å²) in [5.41, 5.74) is 0. The molecule has 2 rings (SSSR count). The van der Waals surface area contributed by atoms with E-state index in [1.807, 2.05) is 0 Å². The second-order valence-corrected chi connectivity index (χ2v) is 5.32. The topological polar surface area (TPSA) is 58.6 Å². The first-order chi connectivity index (χ1) is 9.60. The highest BCUT2D eigenvalue weighted by Crippen LogP contribution is 2.26. The standard InChI is InChI=1S/C14H17ClFNO3/c15-11-6-10(16)4-5-13(11)20-8-14(19)17-12-3-1-2-9(12)7-18/h4-6,9,12,18H,1-3,7-8H2,(H,17,19). The zero-order valence-corrected chi connectivity index (χ0v) is 11.7. The predicted molar refractivity (Wildman–Crippen MR) is 73.3 cm³/mol. The molecule has 20 heavy (non-hydrogen) atoms. The Morgan fingerprint density at radius 1 is 1.50 bits per heavy atom. The van der Waals surface area contributed by atoms with Gasteiger partial charge < -0.3 is 15.2 Å². The maximum absolute atomic E-state index is 12.9. The van der Waals surface area contributed by atoms with Gasteiger partial charge in [-0.05, 0) is 31.0 Å². The number of hydrogen-bond donors (Lipinski definition) is 2. The number of aliphatic hydroxyl groups excluding tert-OH is 1. The number of aliphatic hydroxyl groups is 1. The molecule has 2 atom stereocenters. The van der Waals surface area contributed by atoms with Crippen LogP contribution in [0.1, 0.15) is 19.3 Å². The second kappa shape index (κ2) is 6.90. The molecule has 1 aliphatic rings. The minimum Gasteiger partial charge on any atom is -0.482 e. The molecule has 1 aromatic carbocycles. The molecule has 0 heterocycles. The van der Waals surface area contributed by atoms with Crippen molar-refractivity contribution in [1.82, 2.24) is 5.32 Å². The van der Waals surface area contributed by atoms with Crippen LogP contribution < -0.4 is 10.1 Å². The molecular formula is C14H17ClFNO3. The maximum atomic E-state index is 12.9. The molecule has 1 saturated carbocycles. The van der Waals surface area contributed by atoms with Gasteiger partial charge in [-0.25, -0.2) is 4.39 Å². The van der Waals surface area contributed by atoms with Crippen LogP contribution in [0.15, 0.2) is 18.2 Å². The van der Waals surface area contributed by atoms with Gasteiger partial charge in [0.2, 0.25) is 0 Å². The van der Waals surface area contributed by atoms with Crippen molar-refractivity contribution in [2.75, 3.05) is 13.2 Å². The van der Waals surface area contributed by atoms with Crippen LogP contribution in [0.25, 0.3) is 0 Å². The molecule has 0 radical (unpaired) electrons. The van der Waals surface area contributed by atoms with Crippen molar-refractivity contribution in [3.63, 3.8) is 0 Å². The van der Waals surface area contributed by atoms with Gasteiger partial charge in [-0.15, -0.1) is 0 Å². The molecule has 110 valence electrons. The minimum absolute atomic E-state index is 0.000195. The number of carbonyl (C=O) groups is 1. The summed E-state index contributed by atoms with van der Waals surface area (Å²) in [5, 5.41) is 12.2. The van der Waals surface area contributed by atoms with E-state index in [1.54, 1.807) is 0 Å². The lowest BCUT2D eigenvalue weighted by Crippen LogP contribution is -2.40. The van der Waals surface area contributed by atoms with Crippen molar-refractivity contribution in [2.45, 2.75) is 25.3 Å². The predicted octanol–water partition coefficient (Wildman–Crippen LogP) is 2.14. The Morgan fingerprint density at radius 3 is 3.00 bits per heavy atom. The number of amides is 1. The number of nitrogens with one attached hydrogen (secondary N) is 1. The number of carbonyl (C=O) groups excluding carboxylic acids is 1. The highest BCUT2D eigenvalue weighted by atomic mass is 35.5. The molecule has 0 spiro atoms. The normalized spacial score (nSPS) is 21.8. The SMILES string of the molecule is O=C(COc1ccc(F)cc1Cl)NC1CCCC1CO. The largest absolute Gasteiger partial charge is 0.482 e. The van der Waals surface area contributed by atoms with Crippen molar-refractivity contribution in [2.24, 2.45) is 5.92 Å². The lowest BCUT2D eigenvalue weighted by Gasteiger charge is -2.19. The van der Waals surface area contributed by atoms with Crippen LogP contribution in [0.5, 0.6) is 5.75 Å². The van der Waals surface area contributed by atoms with Crippen LogP contribution in [0, 0.1) is 11.7 Å². The molecule has 6 heteroatoms. The van der Waals surface area contributed by atoms with E-state index >= 15 is 0 Å². The van der Waals surface area contributed by atoms with Gasteiger partial charge in [-0.2, -0.15) is 0 Å².